The predicted molar refractivity (Wildman–Crippen MR) is 96.2 cm³/mol. The zero-order chi connectivity index (χ0) is 17.9. The SMILES string of the molecule is CC(=O)c1c(C)nc2c(c1-c1cccs1)C1=NNC(=O)C1(C(C)=O)S2. The molecule has 0 fully saturated rings. The summed E-state index contributed by atoms with van der Waals surface area (Å²) < 4.78 is -1.41. The molecule has 0 aliphatic carbocycles. The summed E-state index contributed by atoms with van der Waals surface area (Å²) in [4.78, 5) is 42.5. The standard InChI is InChI=1S/C17H13N3O3S2/c1-7-11(8(2)21)12(10-5-4-6-24-10)13-14-17(9(3)22,16(23)20-19-14)25-15(13)18-7/h4-6H,1-3H3,(H,20,23). The van der Waals surface area contributed by atoms with Gasteiger partial charge in [-0.1, -0.05) is 17.8 Å². The molecule has 1 N–H and O–H groups in total. The fraction of sp³-hybridized carbons (Fsp3) is 0.235. The lowest BCUT2D eigenvalue weighted by Gasteiger charge is -2.16. The maximum atomic E-state index is 12.4. The zero-order valence-electron chi connectivity index (χ0n) is 13.7. The fourth-order valence-corrected chi connectivity index (χ4v) is 5.39. The number of rotatable bonds is 3. The second kappa shape index (κ2) is 5.34. The topological polar surface area (TPSA) is 88.5 Å². The number of thiophene rings is 1. The zero-order valence-corrected chi connectivity index (χ0v) is 15.3. The van der Waals surface area contributed by atoms with Crippen molar-refractivity contribution in [1.29, 1.82) is 0 Å². The number of pyridine rings is 1. The number of aryl methyl sites for hydroxylation is 1. The van der Waals surface area contributed by atoms with E-state index in [0.29, 0.717) is 33.1 Å². The van der Waals surface area contributed by atoms with Crippen molar-refractivity contribution in [2.75, 3.05) is 0 Å². The summed E-state index contributed by atoms with van der Waals surface area (Å²) in [5.41, 5.74) is 5.17. The highest BCUT2D eigenvalue weighted by Crippen LogP contribution is 2.51. The number of carbonyl (C=O) groups excluding carboxylic acids is 3. The van der Waals surface area contributed by atoms with Crippen LogP contribution in [0.5, 0.6) is 0 Å². The van der Waals surface area contributed by atoms with E-state index < -0.39 is 10.7 Å². The molecule has 126 valence electrons. The first-order chi connectivity index (χ1) is 11.9. The number of carbonyl (C=O) groups is 3. The van der Waals surface area contributed by atoms with Gasteiger partial charge in [-0.2, -0.15) is 5.10 Å². The van der Waals surface area contributed by atoms with Crippen molar-refractivity contribution in [3.8, 4) is 10.4 Å². The Morgan fingerprint density at radius 1 is 1.24 bits per heavy atom. The van der Waals surface area contributed by atoms with Crippen molar-refractivity contribution in [3.63, 3.8) is 0 Å². The minimum absolute atomic E-state index is 0.112. The molecule has 1 unspecified atom stereocenters. The molecule has 2 aromatic rings. The summed E-state index contributed by atoms with van der Waals surface area (Å²) in [6.45, 7) is 4.64. The summed E-state index contributed by atoms with van der Waals surface area (Å²) in [5.74, 6) is -0.875. The molecule has 25 heavy (non-hydrogen) atoms. The van der Waals surface area contributed by atoms with E-state index in [2.05, 4.69) is 15.5 Å². The van der Waals surface area contributed by atoms with Crippen LogP contribution in [0, 0.1) is 6.92 Å². The average molecular weight is 371 g/mol. The van der Waals surface area contributed by atoms with Gasteiger partial charge < -0.3 is 0 Å². The van der Waals surface area contributed by atoms with Gasteiger partial charge in [-0.05, 0) is 32.2 Å². The van der Waals surface area contributed by atoms with Gasteiger partial charge in [0.05, 0.1) is 5.69 Å². The Morgan fingerprint density at radius 3 is 2.60 bits per heavy atom. The van der Waals surface area contributed by atoms with E-state index in [-0.39, 0.29) is 11.6 Å². The lowest BCUT2D eigenvalue weighted by Crippen LogP contribution is -2.46. The van der Waals surface area contributed by atoms with E-state index in [1.54, 1.807) is 6.92 Å². The maximum absolute atomic E-state index is 12.4. The van der Waals surface area contributed by atoms with Gasteiger partial charge in [-0.15, -0.1) is 11.3 Å². The molecule has 8 heteroatoms. The van der Waals surface area contributed by atoms with Crippen LogP contribution in [0.15, 0.2) is 27.6 Å². The number of hydrogen-bond donors (Lipinski definition) is 1. The first-order valence-corrected chi connectivity index (χ1v) is 9.26. The summed E-state index contributed by atoms with van der Waals surface area (Å²) >= 11 is 2.60. The summed E-state index contributed by atoms with van der Waals surface area (Å²) in [6.07, 6.45) is 0. The molecule has 2 aliphatic heterocycles. The number of nitrogens with zero attached hydrogens (tertiary/aromatic N) is 2. The van der Waals surface area contributed by atoms with Crippen molar-refractivity contribution < 1.29 is 14.4 Å². The van der Waals surface area contributed by atoms with Crippen LogP contribution in [-0.2, 0) is 9.59 Å². The summed E-state index contributed by atoms with van der Waals surface area (Å²) in [7, 11) is 0. The Morgan fingerprint density at radius 2 is 2.00 bits per heavy atom. The van der Waals surface area contributed by atoms with Crippen LogP contribution in [0.1, 0.15) is 35.5 Å². The third kappa shape index (κ3) is 2.01. The molecule has 0 saturated carbocycles. The molecule has 0 spiro atoms. The van der Waals surface area contributed by atoms with Gasteiger partial charge in [0, 0.05) is 21.6 Å². The van der Waals surface area contributed by atoms with Gasteiger partial charge in [-0.3, -0.25) is 14.4 Å². The highest BCUT2D eigenvalue weighted by molar-refractivity contribution is 8.03. The van der Waals surface area contributed by atoms with Crippen molar-refractivity contribution >= 4 is 46.3 Å². The average Bonchev–Trinajstić information content (AvgIpc) is 3.22. The largest absolute Gasteiger partial charge is 0.297 e. The van der Waals surface area contributed by atoms with E-state index in [4.69, 9.17) is 0 Å². The number of nitrogens with one attached hydrogen (secondary N) is 1. The van der Waals surface area contributed by atoms with Gasteiger partial charge in [-0.25, -0.2) is 10.4 Å². The third-order valence-electron chi connectivity index (χ3n) is 4.37. The molecule has 2 aromatic heterocycles. The lowest BCUT2D eigenvalue weighted by atomic mass is 9.88. The number of aromatic nitrogens is 1. The Kier molecular flexibility index (Phi) is 3.45. The molecule has 0 bridgehead atoms. The molecule has 0 saturated heterocycles. The third-order valence-corrected chi connectivity index (χ3v) is 6.72. The molecule has 1 atom stereocenters. The second-order valence-corrected chi connectivity index (χ2v) is 8.05. The van der Waals surface area contributed by atoms with Crippen LogP contribution in [-0.4, -0.2) is 32.9 Å². The van der Waals surface area contributed by atoms with Crippen molar-refractivity contribution in [3.05, 3.63) is 34.3 Å². The molecule has 4 rings (SSSR count). The van der Waals surface area contributed by atoms with Crippen molar-refractivity contribution in [2.24, 2.45) is 5.10 Å². The van der Waals surface area contributed by atoms with Crippen LogP contribution < -0.4 is 5.43 Å². The molecule has 1 amide bonds. The number of Topliss-reactive ketones (excluding diaryl/α,β-unsaturated/α-hetero) is 2. The second-order valence-electron chi connectivity index (χ2n) is 5.90. The van der Waals surface area contributed by atoms with Crippen molar-refractivity contribution in [2.45, 2.75) is 30.5 Å². The van der Waals surface area contributed by atoms with E-state index in [1.807, 2.05) is 17.5 Å². The smallest absolute Gasteiger partial charge is 0.270 e. The highest BCUT2D eigenvalue weighted by atomic mass is 32.2. The Bertz CT molecular complexity index is 995. The molecule has 4 heterocycles. The Hall–Kier alpha value is -2.32. The first-order valence-electron chi connectivity index (χ1n) is 7.56. The molecule has 0 aromatic carbocycles. The predicted octanol–water partition coefficient (Wildman–Crippen LogP) is 2.59. The molecule has 6 nitrogen and oxygen atoms in total. The van der Waals surface area contributed by atoms with Crippen LogP contribution in [0.4, 0.5) is 0 Å². The lowest BCUT2D eigenvalue weighted by molar-refractivity contribution is -0.127. The van der Waals surface area contributed by atoms with Crippen LogP contribution in [0.25, 0.3) is 10.4 Å². The fourth-order valence-electron chi connectivity index (χ4n) is 3.31. The van der Waals surface area contributed by atoms with Gasteiger partial charge in [0.2, 0.25) is 4.75 Å². The number of ketones is 2. The van der Waals surface area contributed by atoms with E-state index in [0.717, 1.165) is 16.6 Å². The molecule has 0 radical (unpaired) electrons. The van der Waals surface area contributed by atoms with Crippen LogP contribution in [0.3, 0.4) is 0 Å². The number of fused-ring (bicyclic) bond motifs is 3. The van der Waals surface area contributed by atoms with Crippen LogP contribution in [0.2, 0.25) is 0 Å². The van der Waals surface area contributed by atoms with Gasteiger partial charge in [0.15, 0.2) is 11.6 Å². The van der Waals surface area contributed by atoms with Gasteiger partial charge in [0.25, 0.3) is 5.91 Å². The maximum Gasteiger partial charge on any atom is 0.270 e. The number of amides is 1. The van der Waals surface area contributed by atoms with E-state index >= 15 is 0 Å². The Labute approximate surface area is 151 Å². The Balaban J connectivity index is 2.11. The number of hydrazone groups is 1. The van der Waals surface area contributed by atoms with Gasteiger partial charge in [0.1, 0.15) is 10.7 Å². The van der Waals surface area contributed by atoms with Crippen LogP contribution >= 0.6 is 23.1 Å². The number of thioether (sulfide) groups is 1. The summed E-state index contributed by atoms with van der Waals surface area (Å²) in [5, 5.41) is 6.63. The first kappa shape index (κ1) is 16.2. The van der Waals surface area contributed by atoms with E-state index in [1.165, 1.54) is 25.2 Å². The normalized spacial score (nSPS) is 20.8. The monoisotopic (exact) mass is 371 g/mol. The number of hydrogen-bond acceptors (Lipinski definition) is 7. The summed E-state index contributed by atoms with van der Waals surface area (Å²) in [6, 6.07) is 3.81. The molecular weight excluding hydrogens is 358 g/mol. The molecular formula is C17H13N3O3S2. The molecule has 2 aliphatic rings. The van der Waals surface area contributed by atoms with Crippen molar-refractivity contribution in [1.82, 2.24) is 10.4 Å². The minimum Gasteiger partial charge on any atom is -0.297 e. The minimum atomic E-state index is -1.41. The highest BCUT2D eigenvalue weighted by Gasteiger charge is 2.59. The quantitative estimate of drug-likeness (QED) is 0.662. The van der Waals surface area contributed by atoms with Gasteiger partial charge >= 0.3 is 0 Å². The van der Waals surface area contributed by atoms with E-state index in [9.17, 15) is 14.4 Å².